The minimum atomic E-state index is -3.94. The van der Waals surface area contributed by atoms with E-state index < -0.39 is 27.9 Å². The molecule has 0 radical (unpaired) electrons. The summed E-state index contributed by atoms with van der Waals surface area (Å²) in [6.45, 7) is 2.13. The number of nitrogens with zero attached hydrogens (tertiary/aromatic N) is 1. The average molecular weight is 556 g/mol. The number of nitrogens with one attached hydrogen (secondary N) is 2. The van der Waals surface area contributed by atoms with Crippen LogP contribution in [-0.2, 0) is 24.3 Å². The lowest BCUT2D eigenvalue weighted by Crippen LogP contribution is -2.46. The number of benzene rings is 3. The van der Waals surface area contributed by atoms with Crippen molar-refractivity contribution >= 4 is 56.9 Å². The van der Waals surface area contributed by atoms with Crippen LogP contribution in [-0.4, -0.2) is 61.5 Å². The molecule has 1 aliphatic rings. The number of ether oxygens (including phenoxy) is 1. The minimum Gasteiger partial charge on any atom is -0.462 e. The lowest BCUT2D eigenvalue weighted by Gasteiger charge is -2.23. The molecular formula is C27H29N3O6S2. The molecular weight excluding hydrogens is 526 g/mol. The molecule has 3 aromatic carbocycles. The zero-order valence-electron chi connectivity index (χ0n) is 20.8. The number of thiol groups is 1. The standard InChI is InChI=1S/C27H29N3O6S2/c1-2-36-27(33)19-7-10-21(11-8-19)29-25(31)13-14-28-26(32)24-16-22(37)17-30(24)38(34,35)23-12-9-18-5-3-4-6-20(18)15-23/h3-12,15,22,24,37H,2,13-14,16-17H2,1H3,(H,28,32)(H,29,31)/t22-,24+/m1/s1. The van der Waals surface area contributed by atoms with Crippen molar-refractivity contribution in [3.05, 3.63) is 72.3 Å². The SMILES string of the molecule is CCOC(=O)c1ccc(NC(=O)CCNC(=O)[C@@H]2C[C@@H](S)CN2S(=O)(=O)c2ccc3ccccc3c2)cc1. The summed E-state index contributed by atoms with van der Waals surface area (Å²) in [6.07, 6.45) is 0.251. The van der Waals surface area contributed by atoms with Crippen LogP contribution in [0.3, 0.4) is 0 Å². The number of hydrogen-bond acceptors (Lipinski definition) is 7. The summed E-state index contributed by atoms with van der Waals surface area (Å²) < 4.78 is 33.0. The summed E-state index contributed by atoms with van der Waals surface area (Å²) in [5, 5.41) is 6.80. The Morgan fingerprint density at radius 1 is 1.03 bits per heavy atom. The Bertz CT molecular complexity index is 1440. The number of carbonyl (C=O) groups is 3. The Morgan fingerprint density at radius 3 is 2.45 bits per heavy atom. The molecule has 9 nitrogen and oxygen atoms in total. The maximum atomic E-state index is 13.4. The first kappa shape index (κ1) is 27.6. The van der Waals surface area contributed by atoms with Crippen LogP contribution in [0, 0.1) is 0 Å². The summed E-state index contributed by atoms with van der Waals surface area (Å²) in [6, 6.07) is 17.7. The third-order valence-electron chi connectivity index (χ3n) is 6.19. The maximum absolute atomic E-state index is 13.4. The fraction of sp³-hybridized carbons (Fsp3) is 0.296. The molecule has 4 rings (SSSR count). The summed E-state index contributed by atoms with van der Waals surface area (Å²) in [5.41, 5.74) is 0.870. The largest absolute Gasteiger partial charge is 0.462 e. The molecule has 0 aromatic heterocycles. The van der Waals surface area contributed by atoms with Gasteiger partial charge in [-0.15, -0.1) is 0 Å². The molecule has 0 aliphatic carbocycles. The van der Waals surface area contributed by atoms with E-state index in [2.05, 4.69) is 23.3 Å². The normalized spacial score (nSPS) is 17.7. The maximum Gasteiger partial charge on any atom is 0.338 e. The number of esters is 1. The Balaban J connectivity index is 1.34. The van der Waals surface area contributed by atoms with E-state index in [0.29, 0.717) is 11.3 Å². The number of anilines is 1. The van der Waals surface area contributed by atoms with Crippen molar-refractivity contribution in [1.29, 1.82) is 0 Å². The van der Waals surface area contributed by atoms with Crippen molar-refractivity contribution in [2.75, 3.05) is 25.0 Å². The lowest BCUT2D eigenvalue weighted by atomic mass is 10.1. The molecule has 1 heterocycles. The second-order valence-corrected chi connectivity index (χ2v) is 11.5. The molecule has 200 valence electrons. The first-order chi connectivity index (χ1) is 18.2. The molecule has 11 heteroatoms. The predicted octanol–water partition coefficient (Wildman–Crippen LogP) is 3.22. The van der Waals surface area contributed by atoms with Gasteiger partial charge in [0.1, 0.15) is 6.04 Å². The van der Waals surface area contributed by atoms with Crippen molar-refractivity contribution in [3.8, 4) is 0 Å². The van der Waals surface area contributed by atoms with Crippen LogP contribution < -0.4 is 10.6 Å². The van der Waals surface area contributed by atoms with Crippen LogP contribution in [0.4, 0.5) is 5.69 Å². The van der Waals surface area contributed by atoms with Gasteiger partial charge in [-0.1, -0.05) is 30.3 Å². The second kappa shape index (κ2) is 12.0. The Morgan fingerprint density at radius 2 is 1.74 bits per heavy atom. The molecule has 38 heavy (non-hydrogen) atoms. The Hall–Kier alpha value is -3.41. The average Bonchev–Trinajstić information content (AvgIpc) is 3.31. The summed E-state index contributed by atoms with van der Waals surface area (Å²) >= 11 is 4.44. The molecule has 3 aromatic rings. The minimum absolute atomic E-state index is 0.0141. The first-order valence-corrected chi connectivity index (χ1v) is 14.2. The fourth-order valence-electron chi connectivity index (χ4n) is 4.30. The summed E-state index contributed by atoms with van der Waals surface area (Å²) in [5.74, 6) is -1.26. The summed E-state index contributed by atoms with van der Waals surface area (Å²) in [4.78, 5) is 37.1. The molecule has 0 bridgehead atoms. The van der Waals surface area contributed by atoms with E-state index in [1.54, 1.807) is 49.4 Å². The van der Waals surface area contributed by atoms with Gasteiger partial charge in [-0.2, -0.15) is 16.9 Å². The van der Waals surface area contributed by atoms with Crippen molar-refractivity contribution in [3.63, 3.8) is 0 Å². The molecule has 1 saturated heterocycles. The van der Waals surface area contributed by atoms with E-state index in [4.69, 9.17) is 4.74 Å². The zero-order chi connectivity index (χ0) is 27.3. The van der Waals surface area contributed by atoms with Gasteiger partial charge < -0.3 is 15.4 Å². The zero-order valence-corrected chi connectivity index (χ0v) is 22.5. The number of fused-ring (bicyclic) bond motifs is 1. The number of carbonyl (C=O) groups excluding carboxylic acids is 3. The third kappa shape index (κ3) is 6.35. The molecule has 0 spiro atoms. The highest BCUT2D eigenvalue weighted by Crippen LogP contribution is 2.30. The molecule has 1 aliphatic heterocycles. The van der Waals surface area contributed by atoms with Crippen molar-refractivity contribution in [2.45, 2.75) is 36.0 Å². The Labute approximate surface area is 227 Å². The van der Waals surface area contributed by atoms with E-state index >= 15 is 0 Å². The number of rotatable bonds is 9. The third-order valence-corrected chi connectivity index (χ3v) is 8.44. The van der Waals surface area contributed by atoms with Gasteiger partial charge in [0.2, 0.25) is 21.8 Å². The van der Waals surface area contributed by atoms with Gasteiger partial charge in [-0.25, -0.2) is 13.2 Å². The van der Waals surface area contributed by atoms with Crippen molar-refractivity contribution < 1.29 is 27.5 Å². The van der Waals surface area contributed by atoms with E-state index in [0.717, 1.165) is 10.8 Å². The van der Waals surface area contributed by atoms with E-state index in [-0.39, 0.29) is 48.6 Å². The van der Waals surface area contributed by atoms with E-state index in [9.17, 15) is 22.8 Å². The molecule has 2 amide bonds. The lowest BCUT2D eigenvalue weighted by molar-refractivity contribution is -0.124. The van der Waals surface area contributed by atoms with Crippen LogP contribution in [0.2, 0.25) is 0 Å². The van der Waals surface area contributed by atoms with Gasteiger partial charge in [0.25, 0.3) is 0 Å². The number of amides is 2. The monoisotopic (exact) mass is 555 g/mol. The topological polar surface area (TPSA) is 122 Å². The molecule has 0 unspecified atom stereocenters. The quantitative estimate of drug-likeness (QED) is 0.275. The van der Waals surface area contributed by atoms with Crippen LogP contribution in [0.25, 0.3) is 10.8 Å². The highest BCUT2D eigenvalue weighted by molar-refractivity contribution is 7.89. The number of hydrogen-bond donors (Lipinski definition) is 3. The predicted molar refractivity (Wildman–Crippen MR) is 148 cm³/mol. The van der Waals surface area contributed by atoms with Crippen LogP contribution in [0.5, 0.6) is 0 Å². The highest BCUT2D eigenvalue weighted by atomic mass is 32.2. The van der Waals surface area contributed by atoms with Gasteiger partial charge in [0.15, 0.2) is 0 Å². The highest BCUT2D eigenvalue weighted by Gasteiger charge is 2.42. The van der Waals surface area contributed by atoms with Gasteiger partial charge in [0.05, 0.1) is 17.1 Å². The van der Waals surface area contributed by atoms with Crippen LogP contribution in [0.15, 0.2) is 71.6 Å². The van der Waals surface area contributed by atoms with Crippen LogP contribution in [0.1, 0.15) is 30.1 Å². The fourth-order valence-corrected chi connectivity index (χ4v) is 6.46. The van der Waals surface area contributed by atoms with Crippen molar-refractivity contribution in [1.82, 2.24) is 9.62 Å². The molecule has 0 saturated carbocycles. The van der Waals surface area contributed by atoms with E-state index in [1.165, 1.54) is 4.31 Å². The van der Waals surface area contributed by atoms with Crippen molar-refractivity contribution in [2.24, 2.45) is 0 Å². The van der Waals surface area contributed by atoms with E-state index in [1.807, 2.05) is 24.3 Å². The second-order valence-electron chi connectivity index (χ2n) is 8.88. The molecule has 2 N–H and O–H groups in total. The molecule has 1 fully saturated rings. The summed E-state index contributed by atoms with van der Waals surface area (Å²) in [7, 11) is -3.94. The smallest absolute Gasteiger partial charge is 0.338 e. The van der Waals surface area contributed by atoms with Crippen LogP contribution >= 0.6 is 12.6 Å². The van der Waals surface area contributed by atoms with Gasteiger partial charge in [-0.05, 0) is 60.5 Å². The van der Waals surface area contributed by atoms with Gasteiger partial charge in [0, 0.05) is 30.4 Å². The Kier molecular flexibility index (Phi) is 8.70. The first-order valence-electron chi connectivity index (χ1n) is 12.2. The van der Waals surface area contributed by atoms with Gasteiger partial charge >= 0.3 is 5.97 Å². The molecule has 2 atom stereocenters. The number of sulfonamides is 1. The van der Waals surface area contributed by atoms with Gasteiger partial charge in [-0.3, -0.25) is 9.59 Å².